The van der Waals surface area contributed by atoms with Crippen LogP contribution in [0.25, 0.3) is 0 Å². The SMILES string of the molecule is CCCCCCCCCCCCC/C=C/[C@@H](O[Si](C)(C)C(C)(C)C)[C@@H]1CN1c1ccc([N+](=O)[O-])cc1[N+](=O)[O-]. The highest BCUT2D eigenvalue weighted by Crippen LogP contribution is 2.43. The van der Waals surface area contributed by atoms with Gasteiger partial charge < -0.3 is 9.33 Å². The van der Waals surface area contributed by atoms with Crippen LogP contribution in [0, 0.1) is 20.2 Å². The zero-order valence-corrected chi connectivity index (χ0v) is 26.1. The maximum atomic E-state index is 11.7. The van der Waals surface area contributed by atoms with Crippen LogP contribution in [0.3, 0.4) is 0 Å². The molecular formula is C30H51N3O5Si. The Kier molecular flexibility index (Phi) is 13.1. The molecule has 0 amide bonds. The van der Waals surface area contributed by atoms with Gasteiger partial charge in [-0.3, -0.25) is 20.2 Å². The molecule has 0 aliphatic carbocycles. The number of hydrogen-bond donors (Lipinski definition) is 0. The Morgan fingerprint density at radius 3 is 2.05 bits per heavy atom. The fourth-order valence-electron chi connectivity index (χ4n) is 4.65. The van der Waals surface area contributed by atoms with E-state index in [1.165, 1.54) is 76.3 Å². The smallest absolute Gasteiger partial charge is 0.299 e. The largest absolute Gasteiger partial charge is 0.408 e. The molecule has 0 radical (unpaired) electrons. The number of rotatable bonds is 19. The van der Waals surface area contributed by atoms with E-state index >= 15 is 0 Å². The number of anilines is 1. The van der Waals surface area contributed by atoms with Crippen molar-refractivity contribution < 1.29 is 14.3 Å². The molecule has 39 heavy (non-hydrogen) atoms. The van der Waals surface area contributed by atoms with Gasteiger partial charge in [-0.05, 0) is 37.0 Å². The molecule has 0 bridgehead atoms. The van der Waals surface area contributed by atoms with Crippen LogP contribution in [0.15, 0.2) is 30.4 Å². The molecular weight excluding hydrogens is 510 g/mol. The average molecular weight is 562 g/mol. The van der Waals surface area contributed by atoms with Crippen molar-refractivity contribution in [2.75, 3.05) is 11.4 Å². The second-order valence-corrected chi connectivity index (χ2v) is 17.3. The Labute approximate surface area is 236 Å². The maximum Gasteiger partial charge on any atom is 0.299 e. The van der Waals surface area contributed by atoms with Gasteiger partial charge in [0.25, 0.3) is 11.4 Å². The van der Waals surface area contributed by atoms with Crippen LogP contribution in [0.4, 0.5) is 17.1 Å². The van der Waals surface area contributed by atoms with Crippen molar-refractivity contribution in [3.05, 3.63) is 50.6 Å². The first-order chi connectivity index (χ1) is 18.4. The van der Waals surface area contributed by atoms with Crippen LogP contribution in [-0.2, 0) is 4.43 Å². The number of allylic oxidation sites excluding steroid dienone is 1. The van der Waals surface area contributed by atoms with Gasteiger partial charge in [0.1, 0.15) is 5.69 Å². The molecule has 9 heteroatoms. The minimum atomic E-state index is -2.09. The summed E-state index contributed by atoms with van der Waals surface area (Å²) < 4.78 is 6.78. The van der Waals surface area contributed by atoms with Crippen molar-refractivity contribution in [1.82, 2.24) is 0 Å². The fourth-order valence-corrected chi connectivity index (χ4v) is 5.92. The molecule has 1 heterocycles. The minimum absolute atomic E-state index is 0.0205. The third kappa shape index (κ3) is 10.7. The molecule has 1 aromatic rings. The fraction of sp³-hybridized carbons (Fsp3) is 0.733. The molecule has 0 N–H and O–H groups in total. The van der Waals surface area contributed by atoms with Gasteiger partial charge in [0.05, 0.1) is 28.1 Å². The van der Waals surface area contributed by atoms with Gasteiger partial charge in [-0.1, -0.05) is 104 Å². The van der Waals surface area contributed by atoms with Crippen molar-refractivity contribution in [2.45, 2.75) is 135 Å². The van der Waals surface area contributed by atoms with Crippen LogP contribution < -0.4 is 4.90 Å². The first-order valence-corrected chi connectivity index (χ1v) is 17.8. The average Bonchev–Trinajstić information content (AvgIpc) is 3.65. The van der Waals surface area contributed by atoms with E-state index < -0.39 is 18.2 Å². The lowest BCUT2D eigenvalue weighted by Gasteiger charge is -2.38. The molecule has 1 saturated heterocycles. The molecule has 0 aromatic heterocycles. The third-order valence-corrected chi connectivity index (χ3v) is 12.7. The molecule has 1 aliphatic rings. The normalized spacial score (nSPS) is 16.6. The summed E-state index contributed by atoms with van der Waals surface area (Å²) in [5.41, 5.74) is -0.0919. The summed E-state index contributed by atoms with van der Waals surface area (Å²) in [7, 11) is -2.09. The first kappa shape index (κ1) is 32.9. The lowest BCUT2D eigenvalue weighted by molar-refractivity contribution is -0.393. The van der Waals surface area contributed by atoms with E-state index in [2.05, 4.69) is 52.9 Å². The van der Waals surface area contributed by atoms with Crippen molar-refractivity contribution in [1.29, 1.82) is 0 Å². The Hall–Kier alpha value is -2.26. The van der Waals surface area contributed by atoms with Crippen molar-refractivity contribution in [3.63, 3.8) is 0 Å². The Bertz CT molecular complexity index is 960. The molecule has 1 fully saturated rings. The highest BCUT2D eigenvalue weighted by atomic mass is 28.4. The van der Waals surface area contributed by atoms with Crippen LogP contribution in [0.5, 0.6) is 0 Å². The highest BCUT2D eigenvalue weighted by Gasteiger charge is 2.47. The summed E-state index contributed by atoms with van der Waals surface area (Å²) in [6.07, 6.45) is 19.7. The van der Waals surface area contributed by atoms with E-state index in [9.17, 15) is 20.2 Å². The van der Waals surface area contributed by atoms with Crippen molar-refractivity contribution in [3.8, 4) is 0 Å². The van der Waals surface area contributed by atoms with Gasteiger partial charge in [-0.2, -0.15) is 0 Å². The molecule has 1 aromatic carbocycles. The van der Waals surface area contributed by atoms with E-state index in [4.69, 9.17) is 4.43 Å². The standard InChI is InChI=1S/C30H51N3O5Si/c1-7-8-9-10-11-12-13-14-15-16-17-18-19-20-29(38-39(5,6)30(2,3)4)28-24-31(28)26-22-21-25(32(34)35)23-27(26)33(36)37/h19-23,28-29H,7-18,24H2,1-6H3/b20-19+/t28-,29+,31?/m0/s1. The number of nitrogens with zero attached hydrogens (tertiary/aromatic N) is 3. The second kappa shape index (κ2) is 15.5. The first-order valence-electron chi connectivity index (χ1n) is 14.9. The third-order valence-electron chi connectivity index (χ3n) is 8.24. The molecule has 0 spiro atoms. The monoisotopic (exact) mass is 561 g/mol. The predicted molar refractivity (Wildman–Crippen MR) is 163 cm³/mol. The molecule has 0 unspecified atom stereocenters. The number of nitro benzene ring substituents is 2. The van der Waals surface area contributed by atoms with Gasteiger partial charge in [0, 0.05) is 12.6 Å². The van der Waals surface area contributed by atoms with Gasteiger partial charge >= 0.3 is 0 Å². The summed E-state index contributed by atoms with van der Waals surface area (Å²) in [5.74, 6) is 0. The molecule has 8 nitrogen and oxygen atoms in total. The van der Waals surface area contributed by atoms with E-state index in [1.807, 2.05) is 4.90 Å². The Balaban J connectivity index is 1.94. The topological polar surface area (TPSA) is 98.5 Å². The summed E-state index contributed by atoms with van der Waals surface area (Å²) >= 11 is 0. The minimum Gasteiger partial charge on any atom is -0.408 e. The van der Waals surface area contributed by atoms with Gasteiger partial charge in [0.2, 0.25) is 0 Å². The predicted octanol–water partition coefficient (Wildman–Crippen LogP) is 9.34. The van der Waals surface area contributed by atoms with E-state index in [-0.39, 0.29) is 28.6 Å². The van der Waals surface area contributed by atoms with Crippen LogP contribution in [0.2, 0.25) is 18.1 Å². The van der Waals surface area contributed by atoms with Crippen molar-refractivity contribution in [2.24, 2.45) is 0 Å². The summed E-state index contributed by atoms with van der Waals surface area (Å²) in [6.45, 7) is 13.9. The van der Waals surface area contributed by atoms with E-state index in [0.717, 1.165) is 18.9 Å². The second-order valence-electron chi connectivity index (χ2n) is 12.5. The lowest BCUT2D eigenvalue weighted by atomic mass is 10.1. The molecule has 220 valence electrons. The molecule has 0 saturated carbocycles. The number of non-ortho nitro benzene ring substituents is 1. The van der Waals surface area contributed by atoms with Crippen molar-refractivity contribution >= 4 is 25.4 Å². The number of unbranched alkanes of at least 4 members (excludes halogenated alkanes) is 11. The molecule has 1 aliphatic heterocycles. The zero-order valence-electron chi connectivity index (χ0n) is 25.1. The summed E-state index contributed by atoms with van der Waals surface area (Å²) in [4.78, 5) is 23.6. The number of benzene rings is 1. The van der Waals surface area contributed by atoms with Crippen LogP contribution in [-0.4, -0.2) is 36.9 Å². The van der Waals surface area contributed by atoms with Crippen LogP contribution >= 0.6 is 0 Å². The summed E-state index contributed by atoms with van der Waals surface area (Å²) in [6, 6.07) is 3.86. The maximum absolute atomic E-state index is 11.7. The lowest BCUT2D eigenvalue weighted by Crippen LogP contribution is -2.45. The van der Waals surface area contributed by atoms with E-state index in [0.29, 0.717) is 12.2 Å². The zero-order chi connectivity index (χ0) is 29.1. The Morgan fingerprint density at radius 1 is 0.974 bits per heavy atom. The number of nitro groups is 2. The van der Waals surface area contributed by atoms with Crippen LogP contribution in [0.1, 0.15) is 105 Å². The highest BCUT2D eigenvalue weighted by molar-refractivity contribution is 6.74. The summed E-state index contributed by atoms with van der Waals surface area (Å²) in [5, 5.41) is 22.9. The van der Waals surface area contributed by atoms with E-state index in [1.54, 1.807) is 0 Å². The molecule has 2 rings (SSSR count). The quantitative estimate of drug-likeness (QED) is 0.0417. The molecule has 2 atom stereocenters. The Morgan fingerprint density at radius 2 is 1.54 bits per heavy atom. The van der Waals surface area contributed by atoms with Gasteiger partial charge in [-0.15, -0.1) is 0 Å². The van der Waals surface area contributed by atoms with Gasteiger partial charge in [-0.25, -0.2) is 0 Å². The number of hydrogen-bond acceptors (Lipinski definition) is 6. The van der Waals surface area contributed by atoms with Gasteiger partial charge in [0.15, 0.2) is 8.32 Å².